The summed E-state index contributed by atoms with van der Waals surface area (Å²) in [5, 5.41) is 0. The quantitative estimate of drug-likeness (QED) is 0.0265. The van der Waals surface area contributed by atoms with Gasteiger partial charge in [-0.1, -0.05) is 185 Å². The van der Waals surface area contributed by atoms with Crippen LogP contribution >= 0.6 is 0 Å². The Morgan fingerprint density at radius 3 is 1.12 bits per heavy atom. The summed E-state index contributed by atoms with van der Waals surface area (Å²) in [6.45, 7) is 6.46. The number of unbranched alkanes of at least 4 members (excludes halogenated alkanes) is 23. The van der Waals surface area contributed by atoms with Crippen molar-refractivity contribution in [3.63, 3.8) is 0 Å². The lowest BCUT2D eigenvalue weighted by Crippen LogP contribution is -2.30. The second-order valence-electron chi connectivity index (χ2n) is 15.6. The summed E-state index contributed by atoms with van der Waals surface area (Å²) in [5.74, 6) is -0.901. The third kappa shape index (κ3) is 42.5. The first-order valence-corrected chi connectivity index (χ1v) is 23.6. The molecule has 6 heteroatoms. The molecule has 324 valence electrons. The molecule has 56 heavy (non-hydrogen) atoms. The number of esters is 3. The molecule has 0 aromatic rings. The van der Waals surface area contributed by atoms with E-state index >= 15 is 0 Å². The van der Waals surface area contributed by atoms with Crippen LogP contribution in [0.5, 0.6) is 0 Å². The lowest BCUT2D eigenvalue weighted by molar-refractivity contribution is -0.167. The average Bonchev–Trinajstić information content (AvgIpc) is 3.19. The van der Waals surface area contributed by atoms with E-state index in [1.807, 2.05) is 0 Å². The molecule has 1 unspecified atom stereocenters. The molecule has 0 bridgehead atoms. The number of carbonyl (C=O) groups is 3. The van der Waals surface area contributed by atoms with Gasteiger partial charge in [0.1, 0.15) is 13.2 Å². The predicted octanol–water partition coefficient (Wildman–Crippen LogP) is 15.1. The molecule has 0 saturated heterocycles. The number of rotatable bonds is 42. The van der Waals surface area contributed by atoms with Crippen LogP contribution in [0.3, 0.4) is 0 Å². The highest BCUT2D eigenvalue weighted by Gasteiger charge is 2.19. The fourth-order valence-electron chi connectivity index (χ4n) is 6.51. The first kappa shape index (κ1) is 53.4. The number of carbonyl (C=O) groups excluding carboxylic acids is 3. The highest BCUT2D eigenvalue weighted by atomic mass is 16.6. The lowest BCUT2D eigenvalue weighted by Gasteiger charge is -2.18. The van der Waals surface area contributed by atoms with Crippen molar-refractivity contribution in [3.8, 4) is 0 Å². The molecule has 0 aromatic heterocycles. The van der Waals surface area contributed by atoms with E-state index in [1.54, 1.807) is 0 Å². The van der Waals surface area contributed by atoms with Crippen molar-refractivity contribution in [2.45, 2.75) is 239 Å². The maximum absolute atomic E-state index is 12.7. The number of hydrogen-bond donors (Lipinski definition) is 0. The maximum atomic E-state index is 12.7. The average molecular weight is 785 g/mol. The van der Waals surface area contributed by atoms with Crippen molar-refractivity contribution in [1.82, 2.24) is 0 Å². The van der Waals surface area contributed by atoms with Gasteiger partial charge in [-0.3, -0.25) is 14.4 Å². The zero-order chi connectivity index (χ0) is 40.8. The van der Waals surface area contributed by atoms with Crippen LogP contribution in [0.25, 0.3) is 0 Å². The lowest BCUT2D eigenvalue weighted by atomic mass is 10.1. The van der Waals surface area contributed by atoms with Gasteiger partial charge >= 0.3 is 17.9 Å². The SMILES string of the molecule is CC/C=C\C/C=C\C/C=C\CCCCCCCCCC(=O)OCC(COC(=O)CCCCCCCCCC)OC(=O)CCCCCCC/C=C\CCCCCC. The van der Waals surface area contributed by atoms with Gasteiger partial charge < -0.3 is 14.2 Å². The van der Waals surface area contributed by atoms with Gasteiger partial charge in [0.15, 0.2) is 6.10 Å². The molecule has 0 amide bonds. The monoisotopic (exact) mass is 785 g/mol. The Kier molecular flexibility index (Phi) is 43.0. The van der Waals surface area contributed by atoms with Gasteiger partial charge in [0.25, 0.3) is 0 Å². The van der Waals surface area contributed by atoms with Crippen LogP contribution in [0.2, 0.25) is 0 Å². The summed E-state index contributed by atoms with van der Waals surface area (Å²) < 4.78 is 16.7. The molecule has 0 aromatic carbocycles. The van der Waals surface area contributed by atoms with E-state index in [0.717, 1.165) is 96.3 Å². The van der Waals surface area contributed by atoms with Crippen LogP contribution in [0, 0.1) is 0 Å². The van der Waals surface area contributed by atoms with E-state index in [1.165, 1.54) is 96.3 Å². The molecule has 6 nitrogen and oxygen atoms in total. The largest absolute Gasteiger partial charge is 0.462 e. The van der Waals surface area contributed by atoms with Crippen molar-refractivity contribution in [3.05, 3.63) is 48.6 Å². The van der Waals surface area contributed by atoms with E-state index in [9.17, 15) is 14.4 Å². The Bertz CT molecular complexity index is 996. The molecule has 0 saturated carbocycles. The molecule has 0 aliphatic rings. The Morgan fingerprint density at radius 2 is 0.696 bits per heavy atom. The highest BCUT2D eigenvalue weighted by molar-refractivity contribution is 5.71. The van der Waals surface area contributed by atoms with Crippen LogP contribution in [0.1, 0.15) is 233 Å². The van der Waals surface area contributed by atoms with Crippen molar-refractivity contribution in [1.29, 1.82) is 0 Å². The van der Waals surface area contributed by atoms with Crippen LogP contribution < -0.4 is 0 Å². The number of ether oxygens (including phenoxy) is 3. The fraction of sp³-hybridized carbons (Fsp3) is 0.780. The second kappa shape index (κ2) is 45.1. The Hall–Kier alpha value is -2.63. The van der Waals surface area contributed by atoms with Crippen molar-refractivity contribution < 1.29 is 28.6 Å². The van der Waals surface area contributed by atoms with E-state index in [-0.39, 0.29) is 31.1 Å². The minimum atomic E-state index is -0.776. The summed E-state index contributed by atoms with van der Waals surface area (Å²) in [6, 6.07) is 0. The number of hydrogen-bond acceptors (Lipinski definition) is 6. The van der Waals surface area contributed by atoms with Gasteiger partial charge in [-0.25, -0.2) is 0 Å². The van der Waals surface area contributed by atoms with E-state index in [4.69, 9.17) is 14.2 Å². The van der Waals surface area contributed by atoms with E-state index in [0.29, 0.717) is 19.3 Å². The third-order valence-corrected chi connectivity index (χ3v) is 10.1. The zero-order valence-corrected chi connectivity index (χ0v) is 36.9. The topological polar surface area (TPSA) is 78.9 Å². The first-order valence-electron chi connectivity index (χ1n) is 23.6. The summed E-state index contributed by atoms with van der Waals surface area (Å²) in [6.07, 6.45) is 52.4. The first-order chi connectivity index (χ1) is 27.5. The molecule has 0 aliphatic carbocycles. The smallest absolute Gasteiger partial charge is 0.306 e. The molecule has 0 heterocycles. The normalized spacial score (nSPS) is 12.4. The van der Waals surface area contributed by atoms with Gasteiger partial charge in [0.2, 0.25) is 0 Å². The van der Waals surface area contributed by atoms with E-state index in [2.05, 4.69) is 69.4 Å². The third-order valence-electron chi connectivity index (χ3n) is 10.1. The van der Waals surface area contributed by atoms with E-state index < -0.39 is 6.10 Å². The van der Waals surface area contributed by atoms with Crippen LogP contribution in [-0.2, 0) is 28.6 Å². The van der Waals surface area contributed by atoms with Crippen molar-refractivity contribution >= 4 is 17.9 Å². The maximum Gasteiger partial charge on any atom is 0.306 e. The Labute approximate surface area is 346 Å². The molecule has 0 aliphatic heterocycles. The van der Waals surface area contributed by atoms with Gasteiger partial charge in [0.05, 0.1) is 0 Å². The molecular weight excluding hydrogens is 697 g/mol. The zero-order valence-electron chi connectivity index (χ0n) is 36.9. The molecule has 0 fully saturated rings. The highest BCUT2D eigenvalue weighted by Crippen LogP contribution is 2.14. The molecule has 1 atom stereocenters. The molecule has 0 radical (unpaired) electrons. The summed E-state index contributed by atoms with van der Waals surface area (Å²) in [7, 11) is 0. The van der Waals surface area contributed by atoms with Crippen LogP contribution in [-0.4, -0.2) is 37.2 Å². The summed E-state index contributed by atoms with van der Waals surface area (Å²) in [4.78, 5) is 37.7. The fourth-order valence-corrected chi connectivity index (χ4v) is 6.51. The standard InChI is InChI=1S/C50H88O6/c1-4-7-10-13-16-19-21-23-24-25-26-28-29-31-34-37-40-43-49(52)55-46-47(45-54-48(51)42-39-36-33-18-15-12-9-6-3)56-50(53)44-41-38-35-32-30-27-22-20-17-14-11-8-5-2/h7,10,16,19-20,22-24,47H,4-6,8-9,11-15,17-18,21,25-46H2,1-3H3/b10-7-,19-16-,22-20-,24-23-. The van der Waals surface area contributed by atoms with Crippen molar-refractivity contribution in [2.24, 2.45) is 0 Å². The molecule has 0 N–H and O–H groups in total. The van der Waals surface area contributed by atoms with Gasteiger partial charge in [-0.15, -0.1) is 0 Å². The minimum Gasteiger partial charge on any atom is -0.462 e. The Balaban J connectivity index is 4.33. The van der Waals surface area contributed by atoms with Gasteiger partial charge in [-0.2, -0.15) is 0 Å². The van der Waals surface area contributed by atoms with Crippen molar-refractivity contribution in [2.75, 3.05) is 13.2 Å². The minimum absolute atomic E-state index is 0.0786. The van der Waals surface area contributed by atoms with Gasteiger partial charge in [-0.05, 0) is 77.0 Å². The molecular formula is C50H88O6. The second-order valence-corrected chi connectivity index (χ2v) is 15.6. The van der Waals surface area contributed by atoms with Crippen LogP contribution in [0.4, 0.5) is 0 Å². The summed E-state index contributed by atoms with van der Waals surface area (Å²) in [5.41, 5.74) is 0. The summed E-state index contributed by atoms with van der Waals surface area (Å²) >= 11 is 0. The number of allylic oxidation sites excluding steroid dienone is 8. The van der Waals surface area contributed by atoms with Gasteiger partial charge in [0, 0.05) is 19.3 Å². The molecule has 0 rings (SSSR count). The van der Waals surface area contributed by atoms with Crippen LogP contribution in [0.15, 0.2) is 48.6 Å². The molecule has 0 spiro atoms. The predicted molar refractivity (Wildman–Crippen MR) is 238 cm³/mol. The Morgan fingerprint density at radius 1 is 0.375 bits per heavy atom.